The van der Waals surface area contributed by atoms with Crippen LogP contribution in [0.4, 0.5) is 4.39 Å². The SMILES string of the molecule is CN=C(NCC(C)Oc1ccccc1F)N1CCC(OCC2CCCO2)CC1. The summed E-state index contributed by atoms with van der Waals surface area (Å²) in [6.45, 7) is 5.85. The summed E-state index contributed by atoms with van der Waals surface area (Å²) >= 11 is 0. The van der Waals surface area contributed by atoms with E-state index in [0.717, 1.165) is 51.3 Å². The molecule has 1 N–H and O–H groups in total. The van der Waals surface area contributed by atoms with E-state index < -0.39 is 0 Å². The molecule has 2 fully saturated rings. The first-order valence-corrected chi connectivity index (χ1v) is 10.3. The fourth-order valence-electron chi connectivity index (χ4n) is 3.62. The summed E-state index contributed by atoms with van der Waals surface area (Å²) in [5, 5.41) is 3.34. The monoisotopic (exact) mass is 393 g/mol. The van der Waals surface area contributed by atoms with Crippen LogP contribution in [0, 0.1) is 5.82 Å². The van der Waals surface area contributed by atoms with E-state index in [1.165, 1.54) is 6.07 Å². The Morgan fingerprint density at radius 3 is 2.79 bits per heavy atom. The van der Waals surface area contributed by atoms with Crippen LogP contribution in [-0.2, 0) is 9.47 Å². The van der Waals surface area contributed by atoms with Crippen LogP contribution in [0.1, 0.15) is 32.6 Å². The number of benzene rings is 1. The number of piperidine rings is 1. The number of rotatable bonds is 7. The summed E-state index contributed by atoms with van der Waals surface area (Å²) in [5.41, 5.74) is 0. The number of aliphatic imine (C=N–C) groups is 1. The van der Waals surface area contributed by atoms with Crippen molar-refractivity contribution >= 4 is 5.96 Å². The highest BCUT2D eigenvalue weighted by Crippen LogP contribution is 2.18. The number of likely N-dealkylation sites (tertiary alicyclic amines) is 1. The predicted molar refractivity (Wildman–Crippen MR) is 107 cm³/mol. The maximum absolute atomic E-state index is 13.7. The molecular weight excluding hydrogens is 361 g/mol. The van der Waals surface area contributed by atoms with Gasteiger partial charge in [-0.25, -0.2) is 4.39 Å². The van der Waals surface area contributed by atoms with Gasteiger partial charge in [0.1, 0.15) is 6.10 Å². The molecule has 0 saturated carbocycles. The molecular formula is C21H32FN3O3. The lowest BCUT2D eigenvalue weighted by Gasteiger charge is -2.34. The molecule has 2 unspecified atom stereocenters. The summed E-state index contributed by atoms with van der Waals surface area (Å²) in [5.74, 6) is 0.779. The summed E-state index contributed by atoms with van der Waals surface area (Å²) in [6.07, 6.45) is 4.62. The Hall–Kier alpha value is -1.86. The van der Waals surface area contributed by atoms with E-state index in [4.69, 9.17) is 14.2 Å². The lowest BCUT2D eigenvalue weighted by atomic mass is 10.1. The molecule has 0 radical (unpaired) electrons. The van der Waals surface area contributed by atoms with Gasteiger partial charge in [0.15, 0.2) is 17.5 Å². The van der Waals surface area contributed by atoms with Crippen molar-refractivity contribution < 1.29 is 18.6 Å². The fourth-order valence-corrected chi connectivity index (χ4v) is 3.62. The van der Waals surface area contributed by atoms with Crippen LogP contribution in [0.3, 0.4) is 0 Å². The first kappa shape index (κ1) is 20.9. The molecule has 28 heavy (non-hydrogen) atoms. The average Bonchev–Trinajstić information content (AvgIpc) is 3.23. The van der Waals surface area contributed by atoms with Gasteiger partial charge in [0.25, 0.3) is 0 Å². The number of nitrogens with one attached hydrogen (secondary N) is 1. The molecule has 0 amide bonds. The van der Waals surface area contributed by atoms with Gasteiger partial charge in [0, 0.05) is 26.7 Å². The molecule has 2 aliphatic heterocycles. The minimum Gasteiger partial charge on any atom is -0.486 e. The third-order valence-corrected chi connectivity index (χ3v) is 5.21. The average molecular weight is 394 g/mol. The van der Waals surface area contributed by atoms with Crippen molar-refractivity contribution in [2.75, 3.05) is 39.9 Å². The lowest BCUT2D eigenvalue weighted by Crippen LogP contribution is -2.49. The van der Waals surface area contributed by atoms with Crippen LogP contribution in [-0.4, -0.2) is 69.1 Å². The Balaban J connectivity index is 1.37. The van der Waals surface area contributed by atoms with E-state index in [1.54, 1.807) is 25.2 Å². The van der Waals surface area contributed by atoms with E-state index in [-0.39, 0.29) is 23.8 Å². The highest BCUT2D eigenvalue weighted by atomic mass is 19.1. The number of guanidine groups is 1. The van der Waals surface area contributed by atoms with Gasteiger partial charge >= 0.3 is 0 Å². The van der Waals surface area contributed by atoms with Crippen LogP contribution in [0.5, 0.6) is 5.75 Å². The van der Waals surface area contributed by atoms with Gasteiger partial charge in [0.05, 0.1) is 25.4 Å². The quantitative estimate of drug-likeness (QED) is 0.570. The fraction of sp³-hybridized carbons (Fsp3) is 0.667. The second kappa shape index (κ2) is 10.6. The summed E-state index contributed by atoms with van der Waals surface area (Å²) < 4.78 is 31.1. The maximum Gasteiger partial charge on any atom is 0.193 e. The van der Waals surface area contributed by atoms with Crippen molar-refractivity contribution in [2.45, 2.75) is 50.9 Å². The van der Waals surface area contributed by atoms with Crippen LogP contribution in [0.25, 0.3) is 0 Å². The number of para-hydroxylation sites is 1. The van der Waals surface area contributed by atoms with Gasteiger partial charge in [-0.2, -0.15) is 0 Å². The third-order valence-electron chi connectivity index (χ3n) is 5.21. The molecule has 7 heteroatoms. The molecule has 2 heterocycles. The molecule has 3 rings (SSSR count). The molecule has 6 nitrogen and oxygen atoms in total. The second-order valence-electron chi connectivity index (χ2n) is 7.44. The van der Waals surface area contributed by atoms with Crippen LogP contribution >= 0.6 is 0 Å². The Labute approximate surface area is 167 Å². The molecule has 1 aromatic rings. The largest absolute Gasteiger partial charge is 0.486 e. The van der Waals surface area contributed by atoms with Gasteiger partial charge in [-0.15, -0.1) is 0 Å². The molecule has 2 aliphatic rings. The first-order valence-electron chi connectivity index (χ1n) is 10.3. The third kappa shape index (κ3) is 6.07. The van der Waals surface area contributed by atoms with E-state index in [9.17, 15) is 4.39 Å². The van der Waals surface area contributed by atoms with Crippen molar-refractivity contribution in [2.24, 2.45) is 4.99 Å². The number of hydrogen-bond donors (Lipinski definition) is 1. The molecule has 2 atom stereocenters. The maximum atomic E-state index is 13.7. The van der Waals surface area contributed by atoms with Gasteiger partial charge in [0.2, 0.25) is 0 Å². The number of nitrogens with zero attached hydrogens (tertiary/aromatic N) is 2. The van der Waals surface area contributed by atoms with Crippen molar-refractivity contribution in [1.29, 1.82) is 0 Å². The predicted octanol–water partition coefficient (Wildman–Crippen LogP) is 2.83. The Bertz CT molecular complexity index is 629. The number of ether oxygens (including phenoxy) is 3. The normalized spacial score (nSPS) is 22.3. The van der Waals surface area contributed by atoms with Gasteiger partial charge in [-0.1, -0.05) is 12.1 Å². The minimum absolute atomic E-state index is 0.180. The topological polar surface area (TPSA) is 55.3 Å². The standard InChI is InChI=1S/C21H32FN3O3/c1-16(28-20-8-4-3-7-19(20)22)14-24-21(23-2)25-11-9-17(10-12-25)27-15-18-6-5-13-26-18/h3-4,7-8,16-18H,5-6,9-15H2,1-2H3,(H,23,24). The summed E-state index contributed by atoms with van der Waals surface area (Å²) in [4.78, 5) is 6.62. The molecule has 0 spiro atoms. The van der Waals surface area contributed by atoms with E-state index >= 15 is 0 Å². The van der Waals surface area contributed by atoms with Crippen LogP contribution in [0.15, 0.2) is 29.3 Å². The number of halogens is 1. The second-order valence-corrected chi connectivity index (χ2v) is 7.44. The Morgan fingerprint density at radius 2 is 2.11 bits per heavy atom. The van der Waals surface area contributed by atoms with Gasteiger partial charge in [-0.05, 0) is 44.7 Å². The van der Waals surface area contributed by atoms with Gasteiger partial charge < -0.3 is 24.4 Å². The van der Waals surface area contributed by atoms with Crippen LogP contribution in [0.2, 0.25) is 0 Å². The smallest absolute Gasteiger partial charge is 0.193 e. The van der Waals surface area contributed by atoms with Crippen molar-refractivity contribution in [1.82, 2.24) is 10.2 Å². The highest BCUT2D eigenvalue weighted by molar-refractivity contribution is 5.80. The zero-order chi connectivity index (χ0) is 19.8. The van der Waals surface area contributed by atoms with Crippen LogP contribution < -0.4 is 10.1 Å². The van der Waals surface area contributed by atoms with E-state index in [1.807, 2.05) is 6.92 Å². The zero-order valence-electron chi connectivity index (χ0n) is 16.9. The molecule has 156 valence electrons. The van der Waals surface area contributed by atoms with Crippen molar-refractivity contribution in [3.8, 4) is 5.75 Å². The summed E-state index contributed by atoms with van der Waals surface area (Å²) in [7, 11) is 1.78. The minimum atomic E-state index is -0.344. The Morgan fingerprint density at radius 1 is 1.32 bits per heavy atom. The lowest BCUT2D eigenvalue weighted by molar-refractivity contribution is -0.0367. The van der Waals surface area contributed by atoms with Gasteiger partial charge in [-0.3, -0.25) is 4.99 Å². The Kier molecular flexibility index (Phi) is 7.91. The number of hydrogen-bond acceptors (Lipinski definition) is 4. The van der Waals surface area contributed by atoms with Crippen molar-refractivity contribution in [3.05, 3.63) is 30.1 Å². The summed E-state index contributed by atoms with van der Waals surface area (Å²) in [6, 6.07) is 6.46. The molecule has 2 saturated heterocycles. The van der Waals surface area contributed by atoms with Crippen molar-refractivity contribution in [3.63, 3.8) is 0 Å². The molecule has 0 aromatic heterocycles. The molecule has 0 aliphatic carbocycles. The first-order chi connectivity index (χ1) is 13.7. The van der Waals surface area contributed by atoms with E-state index in [0.29, 0.717) is 19.3 Å². The highest BCUT2D eigenvalue weighted by Gasteiger charge is 2.24. The molecule has 0 bridgehead atoms. The van der Waals surface area contributed by atoms with E-state index in [2.05, 4.69) is 15.2 Å². The molecule has 1 aromatic carbocycles. The zero-order valence-corrected chi connectivity index (χ0v) is 16.9.